The Morgan fingerprint density at radius 1 is 1.03 bits per heavy atom. The predicted octanol–water partition coefficient (Wildman–Crippen LogP) is 5.29. The number of methoxy groups -OCH3 is 2. The first-order chi connectivity index (χ1) is 15.5. The van der Waals surface area contributed by atoms with Crippen LogP contribution in [0.5, 0.6) is 11.5 Å². The number of fused-ring (bicyclic) bond motifs is 1. The number of carbonyl (C=O) groups is 1. The summed E-state index contributed by atoms with van der Waals surface area (Å²) < 4.78 is 16.3. The van der Waals surface area contributed by atoms with Crippen LogP contribution >= 0.6 is 23.8 Å². The topological polar surface area (TPSA) is 85.6 Å². The quantitative estimate of drug-likeness (QED) is 0.385. The van der Waals surface area contributed by atoms with Gasteiger partial charge in [0, 0.05) is 16.3 Å². The molecule has 0 aliphatic carbocycles. The van der Waals surface area contributed by atoms with E-state index in [9.17, 15) is 4.79 Å². The highest BCUT2D eigenvalue weighted by molar-refractivity contribution is 7.80. The minimum Gasteiger partial charge on any atom is -0.496 e. The number of benzene rings is 3. The van der Waals surface area contributed by atoms with Gasteiger partial charge in [-0.1, -0.05) is 17.7 Å². The Bertz CT molecular complexity index is 1280. The lowest BCUT2D eigenvalue weighted by Gasteiger charge is -2.14. The van der Waals surface area contributed by atoms with Crippen molar-refractivity contribution in [2.45, 2.75) is 0 Å². The standard InChI is InChI=1S/C23H18ClN3O4S/c1-29-18-4-3-5-19(30-2)20(18)21(28)27-23(32)25-15-9-6-13(7-10-15)22-26-16-12-14(24)8-11-17(16)31-22/h3-12H,1-2H3,(H2,25,27,28,32). The summed E-state index contributed by atoms with van der Waals surface area (Å²) in [4.78, 5) is 17.2. The van der Waals surface area contributed by atoms with Crippen LogP contribution in [0.2, 0.25) is 5.02 Å². The zero-order valence-electron chi connectivity index (χ0n) is 17.1. The Hall–Kier alpha value is -3.62. The maximum absolute atomic E-state index is 12.7. The van der Waals surface area contributed by atoms with Crippen molar-refractivity contribution < 1.29 is 18.7 Å². The molecule has 2 N–H and O–H groups in total. The van der Waals surface area contributed by atoms with Crippen LogP contribution in [-0.4, -0.2) is 30.2 Å². The molecule has 4 aromatic rings. The van der Waals surface area contributed by atoms with Crippen molar-refractivity contribution in [1.29, 1.82) is 0 Å². The van der Waals surface area contributed by atoms with E-state index in [1.807, 2.05) is 12.1 Å². The van der Waals surface area contributed by atoms with Crippen molar-refractivity contribution >= 4 is 51.6 Å². The molecule has 0 aliphatic rings. The number of ether oxygens (including phenoxy) is 2. The van der Waals surface area contributed by atoms with E-state index in [1.54, 1.807) is 48.5 Å². The SMILES string of the molecule is COc1cccc(OC)c1C(=O)NC(=S)Nc1ccc(-c2nc3cc(Cl)ccc3o2)cc1. The van der Waals surface area contributed by atoms with Crippen molar-refractivity contribution in [3.63, 3.8) is 0 Å². The van der Waals surface area contributed by atoms with Crippen LogP contribution in [0.15, 0.2) is 65.1 Å². The van der Waals surface area contributed by atoms with Crippen molar-refractivity contribution in [3.8, 4) is 23.0 Å². The fourth-order valence-electron chi connectivity index (χ4n) is 3.12. The molecule has 3 aromatic carbocycles. The number of carbonyl (C=O) groups excluding carboxylic acids is 1. The highest BCUT2D eigenvalue weighted by atomic mass is 35.5. The monoisotopic (exact) mass is 467 g/mol. The zero-order chi connectivity index (χ0) is 22.7. The molecule has 0 fully saturated rings. The van der Waals surface area contributed by atoms with Crippen molar-refractivity contribution in [1.82, 2.24) is 10.3 Å². The minimum atomic E-state index is -0.446. The van der Waals surface area contributed by atoms with Crippen LogP contribution < -0.4 is 20.1 Å². The Labute approximate surface area is 194 Å². The smallest absolute Gasteiger partial charge is 0.264 e. The third-order valence-electron chi connectivity index (χ3n) is 4.62. The first kappa shape index (κ1) is 21.6. The van der Waals surface area contributed by atoms with E-state index in [1.165, 1.54) is 14.2 Å². The molecule has 1 heterocycles. The first-order valence-electron chi connectivity index (χ1n) is 9.48. The zero-order valence-corrected chi connectivity index (χ0v) is 18.7. The van der Waals surface area contributed by atoms with Gasteiger partial charge >= 0.3 is 0 Å². The maximum Gasteiger partial charge on any atom is 0.264 e. The summed E-state index contributed by atoms with van der Waals surface area (Å²) in [6.45, 7) is 0. The number of nitrogens with one attached hydrogen (secondary N) is 2. The average molecular weight is 468 g/mol. The van der Waals surface area contributed by atoms with Gasteiger partial charge in [-0.25, -0.2) is 4.98 Å². The number of oxazole rings is 1. The summed E-state index contributed by atoms with van der Waals surface area (Å²) in [5, 5.41) is 6.35. The molecule has 9 heteroatoms. The number of aromatic nitrogens is 1. The molecule has 1 aromatic heterocycles. The first-order valence-corrected chi connectivity index (χ1v) is 10.3. The molecule has 4 rings (SSSR count). The van der Waals surface area contributed by atoms with Gasteiger partial charge in [-0.3, -0.25) is 10.1 Å². The Kier molecular flexibility index (Phi) is 6.25. The van der Waals surface area contributed by atoms with E-state index in [-0.39, 0.29) is 10.7 Å². The number of anilines is 1. The van der Waals surface area contributed by atoms with Crippen LogP contribution in [0.3, 0.4) is 0 Å². The van der Waals surface area contributed by atoms with Crippen LogP contribution in [0.1, 0.15) is 10.4 Å². The number of amides is 1. The van der Waals surface area contributed by atoms with Crippen LogP contribution in [0, 0.1) is 0 Å². The molecule has 1 amide bonds. The van der Waals surface area contributed by atoms with Crippen LogP contribution in [0.4, 0.5) is 5.69 Å². The molecule has 0 saturated heterocycles. The number of hydrogen-bond donors (Lipinski definition) is 2. The van der Waals surface area contributed by atoms with Crippen LogP contribution in [-0.2, 0) is 0 Å². The van der Waals surface area contributed by atoms with E-state index in [0.29, 0.717) is 39.2 Å². The van der Waals surface area contributed by atoms with Crippen LogP contribution in [0.25, 0.3) is 22.6 Å². The van der Waals surface area contributed by atoms with Gasteiger partial charge in [-0.2, -0.15) is 0 Å². The van der Waals surface area contributed by atoms with Gasteiger partial charge in [-0.15, -0.1) is 0 Å². The number of halogens is 1. The van der Waals surface area contributed by atoms with Gasteiger partial charge in [0.15, 0.2) is 10.7 Å². The molecule has 32 heavy (non-hydrogen) atoms. The number of hydrogen-bond acceptors (Lipinski definition) is 6. The highest BCUT2D eigenvalue weighted by Gasteiger charge is 2.19. The number of nitrogens with zero attached hydrogens (tertiary/aromatic N) is 1. The van der Waals surface area contributed by atoms with Crippen molar-refractivity contribution in [3.05, 3.63) is 71.2 Å². The summed E-state index contributed by atoms with van der Waals surface area (Å²) in [6, 6.07) is 17.6. The maximum atomic E-state index is 12.7. The van der Waals surface area contributed by atoms with E-state index in [2.05, 4.69) is 15.6 Å². The molecule has 162 valence electrons. The summed E-state index contributed by atoms with van der Waals surface area (Å²) in [6.07, 6.45) is 0. The minimum absolute atomic E-state index is 0.132. The molecule has 0 aliphatic heterocycles. The van der Waals surface area contributed by atoms with Gasteiger partial charge in [-0.05, 0) is 66.8 Å². The summed E-state index contributed by atoms with van der Waals surface area (Å²) in [5.41, 5.74) is 3.07. The van der Waals surface area contributed by atoms with E-state index < -0.39 is 5.91 Å². The Morgan fingerprint density at radius 3 is 2.38 bits per heavy atom. The summed E-state index contributed by atoms with van der Waals surface area (Å²) in [5.74, 6) is 0.800. The molecule has 0 spiro atoms. The Morgan fingerprint density at radius 2 is 1.72 bits per heavy atom. The van der Waals surface area contributed by atoms with Gasteiger partial charge in [0.25, 0.3) is 5.91 Å². The second-order valence-electron chi connectivity index (χ2n) is 6.65. The van der Waals surface area contributed by atoms with Gasteiger partial charge in [0.1, 0.15) is 22.6 Å². The molecule has 0 radical (unpaired) electrons. The molecule has 0 atom stereocenters. The molecular weight excluding hydrogens is 450 g/mol. The van der Waals surface area contributed by atoms with E-state index in [0.717, 1.165) is 5.56 Å². The number of thiocarbonyl (C=S) groups is 1. The van der Waals surface area contributed by atoms with E-state index >= 15 is 0 Å². The lowest BCUT2D eigenvalue weighted by molar-refractivity contribution is 0.0971. The van der Waals surface area contributed by atoms with E-state index in [4.69, 9.17) is 37.7 Å². The molecule has 0 bridgehead atoms. The fourth-order valence-corrected chi connectivity index (χ4v) is 3.50. The lowest BCUT2D eigenvalue weighted by Crippen LogP contribution is -2.34. The largest absolute Gasteiger partial charge is 0.496 e. The fraction of sp³-hybridized carbons (Fsp3) is 0.0870. The molecule has 0 unspecified atom stereocenters. The number of rotatable bonds is 5. The highest BCUT2D eigenvalue weighted by Crippen LogP contribution is 2.29. The van der Waals surface area contributed by atoms with Gasteiger partial charge in [0.2, 0.25) is 5.89 Å². The predicted molar refractivity (Wildman–Crippen MR) is 128 cm³/mol. The third-order valence-corrected chi connectivity index (χ3v) is 5.06. The second kappa shape index (κ2) is 9.25. The molecular formula is C23H18ClN3O4S. The van der Waals surface area contributed by atoms with Crippen molar-refractivity contribution in [2.75, 3.05) is 19.5 Å². The van der Waals surface area contributed by atoms with Gasteiger partial charge in [0.05, 0.1) is 14.2 Å². The third kappa shape index (κ3) is 4.51. The summed E-state index contributed by atoms with van der Waals surface area (Å²) in [7, 11) is 2.96. The second-order valence-corrected chi connectivity index (χ2v) is 7.50. The molecule has 7 nitrogen and oxygen atoms in total. The summed E-state index contributed by atoms with van der Waals surface area (Å²) >= 11 is 11.3. The van der Waals surface area contributed by atoms with Gasteiger partial charge < -0.3 is 19.2 Å². The lowest BCUT2D eigenvalue weighted by atomic mass is 10.1. The van der Waals surface area contributed by atoms with Crippen molar-refractivity contribution in [2.24, 2.45) is 0 Å². The Balaban J connectivity index is 1.45. The normalized spacial score (nSPS) is 10.6. The molecule has 0 saturated carbocycles. The average Bonchev–Trinajstić information content (AvgIpc) is 3.21.